The van der Waals surface area contributed by atoms with Gasteiger partial charge in [-0.1, -0.05) is 135 Å². The molecule has 0 saturated heterocycles. The highest BCUT2D eigenvalue weighted by atomic mass is 14.8. The normalized spacial score (nSPS) is 11.9. The van der Waals surface area contributed by atoms with Crippen molar-refractivity contribution in [2.24, 2.45) is 10.9 Å². The molecule has 0 unspecified atom stereocenters. The lowest BCUT2D eigenvalue weighted by atomic mass is 9.85. The molecule has 0 aliphatic rings. The summed E-state index contributed by atoms with van der Waals surface area (Å²) in [7, 11) is 0. The van der Waals surface area contributed by atoms with Crippen LogP contribution in [0.1, 0.15) is 25.0 Å². The van der Waals surface area contributed by atoms with Gasteiger partial charge in [-0.2, -0.15) is 0 Å². The quantitative estimate of drug-likeness (QED) is 0.169. The number of fused-ring (bicyclic) bond motifs is 2. The lowest BCUT2D eigenvalue weighted by Gasteiger charge is -2.18. The third kappa shape index (κ3) is 4.31. The van der Waals surface area contributed by atoms with E-state index in [1.807, 2.05) is 0 Å². The highest BCUT2D eigenvalue weighted by Gasteiger charge is 2.17. The average molecular weight is 490 g/mol. The largest absolute Gasteiger partial charge is 0.252 e. The van der Waals surface area contributed by atoms with E-state index >= 15 is 0 Å². The molecule has 1 heteroatoms. The molecule has 184 valence electrons. The Balaban J connectivity index is 1.55. The van der Waals surface area contributed by atoms with Crippen LogP contribution in [-0.4, -0.2) is 5.71 Å². The molecule has 0 aromatic heterocycles. The Morgan fingerprint density at radius 1 is 0.500 bits per heavy atom. The molecule has 0 atom stereocenters. The van der Waals surface area contributed by atoms with Gasteiger partial charge in [-0.25, -0.2) is 0 Å². The maximum atomic E-state index is 5.09. The first-order chi connectivity index (χ1) is 18.6. The third-order valence-corrected chi connectivity index (χ3v) is 7.37. The summed E-state index contributed by atoms with van der Waals surface area (Å²) in [6.45, 7) is 6.55. The fraction of sp³-hybridized carbons (Fsp3) is 0.108. The van der Waals surface area contributed by atoms with Crippen molar-refractivity contribution in [3.05, 3.63) is 139 Å². The molecule has 0 N–H and O–H groups in total. The van der Waals surface area contributed by atoms with Crippen LogP contribution in [0.4, 0.5) is 5.69 Å². The first-order valence-corrected chi connectivity index (χ1v) is 13.4. The molecule has 0 saturated carbocycles. The van der Waals surface area contributed by atoms with Gasteiger partial charge in [0, 0.05) is 0 Å². The monoisotopic (exact) mass is 489 g/mol. The highest BCUT2D eigenvalue weighted by Crippen LogP contribution is 2.43. The van der Waals surface area contributed by atoms with Crippen molar-refractivity contribution in [3.63, 3.8) is 0 Å². The minimum absolute atomic E-state index is 0.312. The Morgan fingerprint density at radius 2 is 0.947 bits per heavy atom. The van der Waals surface area contributed by atoms with Gasteiger partial charge in [0.05, 0.1) is 11.4 Å². The second kappa shape index (κ2) is 10.1. The fourth-order valence-electron chi connectivity index (χ4n) is 5.51. The van der Waals surface area contributed by atoms with E-state index in [1.165, 1.54) is 54.9 Å². The van der Waals surface area contributed by atoms with Crippen molar-refractivity contribution < 1.29 is 0 Å². The van der Waals surface area contributed by atoms with Crippen LogP contribution in [0.25, 0.3) is 43.8 Å². The van der Waals surface area contributed by atoms with E-state index in [-0.39, 0.29) is 0 Å². The second-order valence-electron chi connectivity index (χ2n) is 10.2. The zero-order valence-corrected chi connectivity index (χ0v) is 22.1. The standard InChI is InChI=1S/C37H31N/c1-25(2)37(38-34-20-12-7-13-26(34)3)29-23-21-28(22-24-29)36-32-18-10-8-16-30(32)35(27-14-5-4-6-15-27)31-17-9-11-19-33(31)36/h4-25H,1-3H3. The van der Waals surface area contributed by atoms with E-state index in [0.29, 0.717) is 5.92 Å². The number of para-hydroxylation sites is 1. The van der Waals surface area contributed by atoms with Gasteiger partial charge in [0.2, 0.25) is 0 Å². The number of hydrogen-bond acceptors (Lipinski definition) is 1. The highest BCUT2D eigenvalue weighted by molar-refractivity contribution is 6.21. The van der Waals surface area contributed by atoms with Gasteiger partial charge in [0.15, 0.2) is 0 Å². The molecule has 0 aliphatic heterocycles. The van der Waals surface area contributed by atoms with Crippen LogP contribution in [0.2, 0.25) is 0 Å². The molecule has 0 bridgehead atoms. The van der Waals surface area contributed by atoms with Crippen LogP contribution in [0.5, 0.6) is 0 Å². The van der Waals surface area contributed by atoms with Crippen LogP contribution < -0.4 is 0 Å². The fourth-order valence-corrected chi connectivity index (χ4v) is 5.51. The Labute approximate surface area is 225 Å². The molecule has 0 radical (unpaired) electrons. The van der Waals surface area contributed by atoms with Crippen LogP contribution in [0.15, 0.2) is 132 Å². The number of aryl methyl sites for hydroxylation is 1. The Hall–Kier alpha value is -4.49. The number of hydrogen-bond donors (Lipinski definition) is 0. The predicted molar refractivity (Wildman–Crippen MR) is 165 cm³/mol. The van der Waals surface area contributed by atoms with Gasteiger partial charge in [0.1, 0.15) is 0 Å². The second-order valence-corrected chi connectivity index (χ2v) is 10.2. The average Bonchev–Trinajstić information content (AvgIpc) is 2.96. The number of benzene rings is 6. The summed E-state index contributed by atoms with van der Waals surface area (Å²) in [5.41, 5.74) is 9.55. The molecule has 0 heterocycles. The maximum Gasteiger partial charge on any atom is 0.0662 e. The van der Waals surface area contributed by atoms with Gasteiger partial charge in [-0.05, 0) is 73.8 Å². The minimum Gasteiger partial charge on any atom is -0.252 e. The van der Waals surface area contributed by atoms with E-state index < -0.39 is 0 Å². The van der Waals surface area contributed by atoms with Crippen molar-refractivity contribution in [2.45, 2.75) is 20.8 Å². The Morgan fingerprint density at radius 3 is 1.45 bits per heavy atom. The molecule has 38 heavy (non-hydrogen) atoms. The number of aliphatic imine (C=N–C) groups is 1. The zero-order valence-electron chi connectivity index (χ0n) is 22.1. The SMILES string of the molecule is Cc1ccccc1N=C(c1ccc(-c2c3ccccc3c(-c3ccccc3)c3ccccc23)cc1)C(C)C. The van der Waals surface area contributed by atoms with Gasteiger partial charge in [0.25, 0.3) is 0 Å². The van der Waals surface area contributed by atoms with Crippen LogP contribution in [0.3, 0.4) is 0 Å². The lowest BCUT2D eigenvalue weighted by molar-refractivity contribution is 0.885. The van der Waals surface area contributed by atoms with Gasteiger partial charge in [-0.3, -0.25) is 4.99 Å². The predicted octanol–water partition coefficient (Wildman–Crippen LogP) is 10.4. The summed E-state index contributed by atoms with van der Waals surface area (Å²) < 4.78 is 0. The van der Waals surface area contributed by atoms with Gasteiger partial charge < -0.3 is 0 Å². The molecule has 0 fully saturated rings. The van der Waals surface area contributed by atoms with E-state index in [9.17, 15) is 0 Å². The first kappa shape index (κ1) is 23.9. The maximum absolute atomic E-state index is 5.09. The van der Waals surface area contributed by atoms with Crippen molar-refractivity contribution in [1.29, 1.82) is 0 Å². The van der Waals surface area contributed by atoms with E-state index in [2.05, 4.69) is 148 Å². The van der Waals surface area contributed by atoms with Crippen molar-refractivity contribution >= 4 is 32.9 Å². The molecular weight excluding hydrogens is 458 g/mol. The molecule has 6 aromatic rings. The zero-order chi connectivity index (χ0) is 26.1. The Kier molecular flexibility index (Phi) is 6.35. The molecule has 6 rings (SSSR count). The summed E-state index contributed by atoms with van der Waals surface area (Å²) >= 11 is 0. The summed E-state index contributed by atoms with van der Waals surface area (Å²) in [4.78, 5) is 5.09. The first-order valence-electron chi connectivity index (χ1n) is 13.4. The van der Waals surface area contributed by atoms with Crippen molar-refractivity contribution in [1.82, 2.24) is 0 Å². The molecule has 6 aromatic carbocycles. The summed E-state index contributed by atoms with van der Waals surface area (Å²) in [5, 5.41) is 5.10. The van der Waals surface area contributed by atoms with Gasteiger partial charge >= 0.3 is 0 Å². The topological polar surface area (TPSA) is 12.4 Å². The number of rotatable bonds is 5. The van der Waals surface area contributed by atoms with Crippen molar-refractivity contribution in [2.75, 3.05) is 0 Å². The lowest BCUT2D eigenvalue weighted by Crippen LogP contribution is -2.09. The van der Waals surface area contributed by atoms with E-state index in [0.717, 1.165) is 11.4 Å². The Bertz CT molecular complexity index is 1720. The molecule has 0 aliphatic carbocycles. The number of nitrogens with zero attached hydrogens (tertiary/aromatic N) is 1. The van der Waals surface area contributed by atoms with Crippen LogP contribution >= 0.6 is 0 Å². The van der Waals surface area contributed by atoms with Crippen LogP contribution in [-0.2, 0) is 0 Å². The van der Waals surface area contributed by atoms with Crippen LogP contribution in [0, 0.1) is 12.8 Å². The third-order valence-electron chi connectivity index (χ3n) is 7.37. The molecule has 1 nitrogen and oxygen atoms in total. The van der Waals surface area contributed by atoms with Crippen molar-refractivity contribution in [3.8, 4) is 22.3 Å². The van der Waals surface area contributed by atoms with E-state index in [4.69, 9.17) is 4.99 Å². The minimum atomic E-state index is 0.312. The molecule has 0 spiro atoms. The van der Waals surface area contributed by atoms with E-state index in [1.54, 1.807) is 0 Å². The smallest absolute Gasteiger partial charge is 0.0662 e. The summed E-state index contributed by atoms with van der Waals surface area (Å²) in [6, 6.07) is 45.7. The van der Waals surface area contributed by atoms with Gasteiger partial charge in [-0.15, -0.1) is 0 Å². The molecule has 0 amide bonds. The summed E-state index contributed by atoms with van der Waals surface area (Å²) in [5.74, 6) is 0.312. The summed E-state index contributed by atoms with van der Waals surface area (Å²) in [6.07, 6.45) is 0. The molecular formula is C37H31N.